The molecule has 2 rings (SSSR count). The van der Waals surface area contributed by atoms with Gasteiger partial charge in [-0.3, -0.25) is 0 Å². The number of likely N-dealkylation sites (tertiary alicyclic amines) is 1. The van der Waals surface area contributed by atoms with Crippen LogP contribution in [0, 0.1) is 5.41 Å². The highest BCUT2D eigenvalue weighted by Gasteiger charge is 2.46. The Balaban J connectivity index is 1.79. The summed E-state index contributed by atoms with van der Waals surface area (Å²) >= 11 is 0. The van der Waals surface area contributed by atoms with Crippen molar-refractivity contribution in [1.29, 1.82) is 0 Å². The van der Waals surface area contributed by atoms with Crippen molar-refractivity contribution >= 4 is 0 Å². The lowest BCUT2D eigenvalue weighted by molar-refractivity contribution is -0.0371. The van der Waals surface area contributed by atoms with E-state index in [4.69, 9.17) is 0 Å². The fourth-order valence-corrected chi connectivity index (χ4v) is 3.59. The van der Waals surface area contributed by atoms with E-state index < -0.39 is 0 Å². The maximum absolute atomic E-state index is 2.70. The van der Waals surface area contributed by atoms with Gasteiger partial charge in [-0.05, 0) is 70.7 Å². The molecule has 0 unspecified atom stereocenters. The zero-order chi connectivity index (χ0) is 11.6. The Morgan fingerprint density at radius 3 is 2.31 bits per heavy atom. The lowest BCUT2D eigenvalue weighted by Gasteiger charge is -2.55. The Morgan fingerprint density at radius 2 is 1.81 bits per heavy atom. The standard InChI is InChI=1S/C14H28N2/c1-4-8-16(5-2)13-11-14(12-13)6-9-15(3)10-7-14/h13H,4-12H2,1-3H3. The number of hydrogen-bond donors (Lipinski definition) is 0. The second-order valence-electron chi connectivity index (χ2n) is 5.99. The summed E-state index contributed by atoms with van der Waals surface area (Å²) in [7, 11) is 2.26. The van der Waals surface area contributed by atoms with Crippen LogP contribution < -0.4 is 0 Å². The molecule has 0 amide bonds. The molecule has 2 heteroatoms. The van der Waals surface area contributed by atoms with Gasteiger partial charge in [-0.1, -0.05) is 13.8 Å². The van der Waals surface area contributed by atoms with Gasteiger partial charge in [0.25, 0.3) is 0 Å². The summed E-state index contributed by atoms with van der Waals surface area (Å²) in [6.45, 7) is 9.81. The Kier molecular flexibility index (Phi) is 3.91. The summed E-state index contributed by atoms with van der Waals surface area (Å²) in [5, 5.41) is 0. The van der Waals surface area contributed by atoms with E-state index in [1.54, 1.807) is 0 Å². The molecule has 94 valence electrons. The highest BCUT2D eigenvalue weighted by molar-refractivity contribution is 5.00. The summed E-state index contributed by atoms with van der Waals surface area (Å²) in [4.78, 5) is 5.19. The molecule has 0 radical (unpaired) electrons. The van der Waals surface area contributed by atoms with Crippen LogP contribution in [0.3, 0.4) is 0 Å². The smallest absolute Gasteiger partial charge is 0.0106 e. The van der Waals surface area contributed by atoms with Crippen LogP contribution in [0.25, 0.3) is 0 Å². The molecule has 1 aliphatic carbocycles. The topological polar surface area (TPSA) is 6.48 Å². The SMILES string of the molecule is CCCN(CC)C1CC2(CCN(C)CC2)C1. The predicted octanol–water partition coefficient (Wildman–Crippen LogP) is 2.59. The summed E-state index contributed by atoms with van der Waals surface area (Å²) in [5.41, 5.74) is 0.748. The average molecular weight is 224 g/mol. The van der Waals surface area contributed by atoms with E-state index in [0.717, 1.165) is 11.5 Å². The van der Waals surface area contributed by atoms with Gasteiger partial charge in [-0.25, -0.2) is 0 Å². The molecule has 0 N–H and O–H groups in total. The first-order chi connectivity index (χ1) is 7.69. The quantitative estimate of drug-likeness (QED) is 0.724. The van der Waals surface area contributed by atoms with E-state index in [1.165, 1.54) is 58.3 Å². The second kappa shape index (κ2) is 5.05. The fourth-order valence-electron chi connectivity index (χ4n) is 3.59. The molecule has 0 aromatic heterocycles. The molecule has 0 aromatic carbocycles. The Bertz CT molecular complexity index is 211. The van der Waals surface area contributed by atoms with Crippen LogP contribution in [-0.2, 0) is 0 Å². The minimum atomic E-state index is 0.748. The molecule has 0 atom stereocenters. The van der Waals surface area contributed by atoms with Crippen LogP contribution in [-0.4, -0.2) is 49.1 Å². The molecule has 1 saturated carbocycles. The minimum absolute atomic E-state index is 0.748. The number of nitrogens with zero attached hydrogens (tertiary/aromatic N) is 2. The summed E-state index contributed by atoms with van der Waals surface area (Å²) in [6, 6.07) is 0.911. The first-order valence-electron chi connectivity index (χ1n) is 7.12. The van der Waals surface area contributed by atoms with Gasteiger partial charge in [0.2, 0.25) is 0 Å². The van der Waals surface area contributed by atoms with E-state index in [1.807, 2.05) is 0 Å². The zero-order valence-corrected chi connectivity index (χ0v) is 11.3. The van der Waals surface area contributed by atoms with Crippen molar-refractivity contribution in [3.05, 3.63) is 0 Å². The van der Waals surface area contributed by atoms with E-state index >= 15 is 0 Å². The van der Waals surface area contributed by atoms with Gasteiger partial charge in [0.15, 0.2) is 0 Å². The van der Waals surface area contributed by atoms with E-state index in [9.17, 15) is 0 Å². The molecule has 2 nitrogen and oxygen atoms in total. The molecule has 1 heterocycles. The lowest BCUT2D eigenvalue weighted by Crippen LogP contribution is -2.54. The fraction of sp³-hybridized carbons (Fsp3) is 1.00. The van der Waals surface area contributed by atoms with Gasteiger partial charge in [0.1, 0.15) is 0 Å². The van der Waals surface area contributed by atoms with Crippen LogP contribution in [0.1, 0.15) is 46.0 Å². The highest BCUT2D eigenvalue weighted by atomic mass is 15.2. The third kappa shape index (κ3) is 2.43. The molecule has 0 bridgehead atoms. The largest absolute Gasteiger partial charge is 0.306 e. The van der Waals surface area contributed by atoms with Gasteiger partial charge in [0, 0.05) is 6.04 Å². The van der Waals surface area contributed by atoms with Crippen molar-refractivity contribution in [2.75, 3.05) is 33.2 Å². The van der Waals surface area contributed by atoms with Crippen LogP contribution in [0.2, 0.25) is 0 Å². The molecule has 16 heavy (non-hydrogen) atoms. The molecular formula is C14H28N2. The van der Waals surface area contributed by atoms with Crippen LogP contribution in [0.5, 0.6) is 0 Å². The third-order valence-corrected chi connectivity index (χ3v) is 4.82. The third-order valence-electron chi connectivity index (χ3n) is 4.82. The van der Waals surface area contributed by atoms with Crippen LogP contribution in [0.15, 0.2) is 0 Å². The van der Waals surface area contributed by atoms with E-state index in [2.05, 4.69) is 30.7 Å². The maximum atomic E-state index is 2.70. The van der Waals surface area contributed by atoms with Crippen molar-refractivity contribution in [2.45, 2.75) is 52.0 Å². The maximum Gasteiger partial charge on any atom is 0.0106 e. The average Bonchev–Trinajstić information content (AvgIpc) is 2.25. The van der Waals surface area contributed by atoms with E-state index in [-0.39, 0.29) is 0 Å². The zero-order valence-electron chi connectivity index (χ0n) is 11.3. The molecule has 1 spiro atoms. The number of piperidine rings is 1. The van der Waals surface area contributed by atoms with Crippen molar-refractivity contribution in [3.63, 3.8) is 0 Å². The van der Waals surface area contributed by atoms with Gasteiger partial charge in [-0.2, -0.15) is 0 Å². The predicted molar refractivity (Wildman–Crippen MR) is 69.7 cm³/mol. The van der Waals surface area contributed by atoms with Gasteiger partial charge >= 0.3 is 0 Å². The van der Waals surface area contributed by atoms with Crippen molar-refractivity contribution in [1.82, 2.24) is 9.80 Å². The number of hydrogen-bond acceptors (Lipinski definition) is 2. The highest BCUT2D eigenvalue weighted by Crippen LogP contribution is 2.50. The Labute approximate surface area is 101 Å². The first kappa shape index (κ1) is 12.4. The molecule has 0 aromatic rings. The first-order valence-corrected chi connectivity index (χ1v) is 7.12. The molecule has 2 aliphatic rings. The monoisotopic (exact) mass is 224 g/mol. The minimum Gasteiger partial charge on any atom is -0.306 e. The molecule has 1 saturated heterocycles. The van der Waals surface area contributed by atoms with Crippen molar-refractivity contribution in [2.24, 2.45) is 5.41 Å². The summed E-state index contributed by atoms with van der Waals surface area (Å²) < 4.78 is 0. The Morgan fingerprint density at radius 1 is 1.19 bits per heavy atom. The summed E-state index contributed by atoms with van der Waals surface area (Å²) in [6.07, 6.45) is 7.16. The van der Waals surface area contributed by atoms with Crippen molar-refractivity contribution < 1.29 is 0 Å². The number of rotatable bonds is 4. The summed E-state index contributed by atoms with van der Waals surface area (Å²) in [5.74, 6) is 0. The molecular weight excluding hydrogens is 196 g/mol. The van der Waals surface area contributed by atoms with Gasteiger partial charge in [0.05, 0.1) is 0 Å². The molecule has 2 fully saturated rings. The lowest BCUT2D eigenvalue weighted by atomic mass is 9.60. The van der Waals surface area contributed by atoms with Crippen molar-refractivity contribution in [3.8, 4) is 0 Å². The second-order valence-corrected chi connectivity index (χ2v) is 5.99. The van der Waals surface area contributed by atoms with Crippen LogP contribution >= 0.6 is 0 Å². The van der Waals surface area contributed by atoms with Gasteiger partial charge < -0.3 is 9.80 Å². The van der Waals surface area contributed by atoms with Gasteiger partial charge in [-0.15, -0.1) is 0 Å². The molecule has 1 aliphatic heterocycles. The Hall–Kier alpha value is -0.0800. The van der Waals surface area contributed by atoms with Crippen LogP contribution in [0.4, 0.5) is 0 Å². The van der Waals surface area contributed by atoms with E-state index in [0.29, 0.717) is 0 Å². The normalized spacial score (nSPS) is 26.2.